The van der Waals surface area contributed by atoms with Crippen LogP contribution in [0.4, 0.5) is 0 Å². The molecule has 2 aromatic carbocycles. The maximum atomic E-state index is 12.7. The van der Waals surface area contributed by atoms with Crippen molar-refractivity contribution in [3.63, 3.8) is 0 Å². The van der Waals surface area contributed by atoms with Gasteiger partial charge in [0.2, 0.25) is 15.9 Å². The summed E-state index contributed by atoms with van der Waals surface area (Å²) < 4.78 is 33.6. The molecule has 0 bridgehead atoms. The Labute approximate surface area is 140 Å². The maximum Gasteiger partial charge on any atom is 0.249 e. The van der Waals surface area contributed by atoms with Crippen LogP contribution in [-0.2, 0) is 10.0 Å². The molecule has 3 rings (SSSR count). The molecular weight excluding hydrogens is 328 g/mol. The number of nitrogens with one attached hydrogen (secondary N) is 1. The minimum Gasteiger partial charge on any atom is -0.493 e. The molecule has 1 heterocycles. The van der Waals surface area contributed by atoms with E-state index in [2.05, 4.69) is 4.72 Å². The van der Waals surface area contributed by atoms with Gasteiger partial charge in [0, 0.05) is 17.5 Å². The van der Waals surface area contributed by atoms with Crippen LogP contribution in [0, 0.1) is 6.92 Å². The lowest BCUT2D eigenvalue weighted by Crippen LogP contribution is -2.32. The molecule has 1 aliphatic rings. The number of hydrogen-bond donors (Lipinski definition) is 2. The molecule has 1 amide bonds. The summed E-state index contributed by atoms with van der Waals surface area (Å²) in [6.45, 7) is 2.14. The Morgan fingerprint density at radius 1 is 1.25 bits per heavy atom. The maximum absolute atomic E-state index is 12.7. The summed E-state index contributed by atoms with van der Waals surface area (Å²) in [5.41, 5.74) is 6.94. The lowest BCUT2D eigenvalue weighted by molar-refractivity contribution is 0.0999. The molecule has 126 valence electrons. The third kappa shape index (κ3) is 3.13. The number of hydrogen-bond acceptors (Lipinski definition) is 4. The molecule has 0 spiro atoms. The number of para-hydroxylation sites is 1. The van der Waals surface area contributed by atoms with E-state index in [0.717, 1.165) is 5.56 Å². The summed E-state index contributed by atoms with van der Waals surface area (Å²) in [6.07, 6.45) is 0.533. The van der Waals surface area contributed by atoms with Gasteiger partial charge < -0.3 is 10.5 Å². The van der Waals surface area contributed by atoms with Crippen molar-refractivity contribution in [2.45, 2.75) is 24.3 Å². The van der Waals surface area contributed by atoms with Crippen LogP contribution in [0.25, 0.3) is 0 Å². The van der Waals surface area contributed by atoms with Gasteiger partial charge >= 0.3 is 0 Å². The van der Waals surface area contributed by atoms with E-state index < -0.39 is 15.9 Å². The van der Waals surface area contributed by atoms with Gasteiger partial charge in [-0.2, -0.15) is 0 Å². The number of amides is 1. The number of carbonyl (C=O) groups excluding carboxylic acids is 1. The summed E-state index contributed by atoms with van der Waals surface area (Å²) >= 11 is 0. The topological polar surface area (TPSA) is 98.5 Å². The first-order valence-electron chi connectivity index (χ1n) is 7.53. The molecule has 0 saturated carbocycles. The smallest absolute Gasteiger partial charge is 0.249 e. The highest BCUT2D eigenvalue weighted by molar-refractivity contribution is 7.89. The minimum absolute atomic E-state index is 0.0193. The molecule has 1 unspecified atom stereocenters. The van der Waals surface area contributed by atoms with Crippen molar-refractivity contribution >= 4 is 15.9 Å². The van der Waals surface area contributed by atoms with Crippen LogP contribution in [0.15, 0.2) is 47.4 Å². The molecule has 6 nitrogen and oxygen atoms in total. The van der Waals surface area contributed by atoms with Gasteiger partial charge in [-0.25, -0.2) is 13.1 Å². The first-order valence-corrected chi connectivity index (χ1v) is 9.01. The number of fused-ring (bicyclic) bond motifs is 1. The fraction of sp³-hybridized carbons (Fsp3) is 0.235. The number of aryl methyl sites for hydroxylation is 1. The highest BCUT2D eigenvalue weighted by Gasteiger charge is 2.27. The number of nitrogens with two attached hydrogens (primary N) is 1. The molecule has 0 saturated heterocycles. The fourth-order valence-electron chi connectivity index (χ4n) is 2.75. The highest BCUT2D eigenvalue weighted by atomic mass is 32.2. The quantitative estimate of drug-likeness (QED) is 0.883. The summed E-state index contributed by atoms with van der Waals surface area (Å²) in [5.74, 6) is 0.0270. The monoisotopic (exact) mass is 346 g/mol. The van der Waals surface area contributed by atoms with Gasteiger partial charge in [0.05, 0.1) is 17.5 Å². The molecule has 0 aromatic heterocycles. The van der Waals surface area contributed by atoms with Gasteiger partial charge in [0.25, 0.3) is 0 Å². The van der Waals surface area contributed by atoms with E-state index in [9.17, 15) is 13.2 Å². The number of sulfonamides is 1. The van der Waals surface area contributed by atoms with Crippen LogP contribution in [0.1, 0.15) is 33.9 Å². The molecule has 7 heteroatoms. The molecule has 3 N–H and O–H groups in total. The second kappa shape index (κ2) is 6.26. The first kappa shape index (κ1) is 16.5. The third-order valence-electron chi connectivity index (χ3n) is 4.04. The Morgan fingerprint density at radius 2 is 2.00 bits per heavy atom. The highest BCUT2D eigenvalue weighted by Crippen LogP contribution is 2.32. The molecular formula is C17H18N2O4S. The van der Waals surface area contributed by atoms with Crippen molar-refractivity contribution in [2.75, 3.05) is 6.61 Å². The predicted octanol–water partition coefficient (Wildman–Crippen LogP) is 1.90. The summed E-state index contributed by atoms with van der Waals surface area (Å²) in [4.78, 5) is 11.5. The average Bonchev–Trinajstić information content (AvgIpc) is 2.55. The zero-order valence-corrected chi connectivity index (χ0v) is 14.0. The van der Waals surface area contributed by atoms with Crippen molar-refractivity contribution < 1.29 is 17.9 Å². The Balaban J connectivity index is 1.93. The van der Waals surface area contributed by atoms with Crippen LogP contribution in [0.2, 0.25) is 0 Å². The van der Waals surface area contributed by atoms with Crippen molar-refractivity contribution in [2.24, 2.45) is 5.73 Å². The van der Waals surface area contributed by atoms with E-state index in [-0.39, 0.29) is 16.5 Å². The lowest BCUT2D eigenvalue weighted by Gasteiger charge is -2.26. The van der Waals surface area contributed by atoms with Crippen molar-refractivity contribution in [1.29, 1.82) is 0 Å². The summed E-state index contributed by atoms with van der Waals surface area (Å²) in [7, 11) is -3.79. The zero-order chi connectivity index (χ0) is 17.3. The zero-order valence-electron chi connectivity index (χ0n) is 13.2. The van der Waals surface area contributed by atoms with Crippen LogP contribution in [-0.4, -0.2) is 20.9 Å². The molecule has 1 aliphatic heterocycles. The Morgan fingerprint density at radius 3 is 2.75 bits per heavy atom. The van der Waals surface area contributed by atoms with Gasteiger partial charge in [-0.05, 0) is 30.7 Å². The molecule has 24 heavy (non-hydrogen) atoms. The third-order valence-corrected chi connectivity index (χ3v) is 5.51. The van der Waals surface area contributed by atoms with E-state index in [1.807, 2.05) is 24.3 Å². The van der Waals surface area contributed by atoms with E-state index in [1.54, 1.807) is 13.0 Å². The average molecular weight is 346 g/mol. The van der Waals surface area contributed by atoms with Crippen LogP contribution in [0.3, 0.4) is 0 Å². The number of benzene rings is 2. The van der Waals surface area contributed by atoms with Crippen LogP contribution >= 0.6 is 0 Å². The SMILES string of the molecule is Cc1ccc(S(=O)(=O)NC2CCOc3ccccc32)cc1C(N)=O. The second-order valence-corrected chi connectivity index (χ2v) is 7.40. The van der Waals surface area contributed by atoms with Gasteiger partial charge in [0.15, 0.2) is 0 Å². The minimum atomic E-state index is -3.79. The number of carbonyl (C=O) groups is 1. The van der Waals surface area contributed by atoms with E-state index in [4.69, 9.17) is 10.5 Å². The Kier molecular flexibility index (Phi) is 4.29. The second-order valence-electron chi connectivity index (χ2n) is 5.69. The van der Waals surface area contributed by atoms with Crippen LogP contribution < -0.4 is 15.2 Å². The first-order chi connectivity index (χ1) is 11.4. The normalized spacial score (nSPS) is 17.0. The van der Waals surface area contributed by atoms with E-state index in [0.29, 0.717) is 24.3 Å². The predicted molar refractivity (Wildman–Crippen MR) is 89.3 cm³/mol. The van der Waals surface area contributed by atoms with Gasteiger partial charge in [-0.15, -0.1) is 0 Å². The summed E-state index contributed by atoms with van der Waals surface area (Å²) in [6, 6.07) is 11.3. The largest absolute Gasteiger partial charge is 0.493 e. The standard InChI is InChI=1S/C17H18N2O4S/c1-11-6-7-12(10-14(11)17(18)20)24(21,22)19-15-8-9-23-16-5-3-2-4-13(15)16/h2-7,10,15,19H,8-9H2,1H3,(H2,18,20). The summed E-state index contributed by atoms with van der Waals surface area (Å²) in [5, 5.41) is 0. The number of rotatable bonds is 4. The number of ether oxygens (including phenoxy) is 1. The van der Waals surface area contributed by atoms with E-state index >= 15 is 0 Å². The van der Waals surface area contributed by atoms with Crippen LogP contribution in [0.5, 0.6) is 5.75 Å². The molecule has 0 radical (unpaired) electrons. The van der Waals surface area contributed by atoms with E-state index in [1.165, 1.54) is 12.1 Å². The molecule has 2 aromatic rings. The lowest BCUT2D eigenvalue weighted by atomic mass is 10.0. The van der Waals surface area contributed by atoms with Gasteiger partial charge in [-0.3, -0.25) is 4.79 Å². The molecule has 0 fully saturated rings. The fourth-order valence-corrected chi connectivity index (χ4v) is 4.03. The molecule has 0 aliphatic carbocycles. The number of primary amides is 1. The van der Waals surface area contributed by atoms with Crippen molar-refractivity contribution in [3.8, 4) is 5.75 Å². The van der Waals surface area contributed by atoms with Gasteiger partial charge in [-0.1, -0.05) is 24.3 Å². The molecule has 1 atom stereocenters. The Hall–Kier alpha value is -2.38. The van der Waals surface area contributed by atoms with Crippen molar-refractivity contribution in [3.05, 3.63) is 59.2 Å². The Bertz CT molecular complexity index is 893. The van der Waals surface area contributed by atoms with Gasteiger partial charge in [0.1, 0.15) is 5.75 Å². The van der Waals surface area contributed by atoms with Crippen molar-refractivity contribution in [1.82, 2.24) is 4.72 Å².